The monoisotopic (exact) mass is 349 g/mol. The molecule has 1 nitrogen and oxygen atoms in total. The Hall–Kier alpha value is -0.340. The Balaban J connectivity index is 1.74. The van der Waals surface area contributed by atoms with Crippen LogP contribution in [0, 0.1) is 24.7 Å². The lowest BCUT2D eigenvalue weighted by molar-refractivity contribution is 0.279. The van der Waals surface area contributed by atoms with E-state index >= 15 is 0 Å². The molecule has 2 bridgehead atoms. The Morgan fingerprint density at radius 3 is 2.76 bits per heavy atom. The van der Waals surface area contributed by atoms with Crippen molar-refractivity contribution in [1.29, 1.82) is 0 Å². The molecular formula is C19H28BrN. The lowest BCUT2D eigenvalue weighted by Gasteiger charge is -2.28. The van der Waals surface area contributed by atoms with Crippen LogP contribution in [0.4, 0.5) is 0 Å². The van der Waals surface area contributed by atoms with Crippen molar-refractivity contribution in [2.45, 2.75) is 58.4 Å². The Labute approximate surface area is 138 Å². The quantitative estimate of drug-likeness (QED) is 0.702. The van der Waals surface area contributed by atoms with E-state index in [9.17, 15) is 0 Å². The molecule has 4 unspecified atom stereocenters. The first-order chi connectivity index (χ1) is 10.2. The van der Waals surface area contributed by atoms with E-state index in [-0.39, 0.29) is 0 Å². The summed E-state index contributed by atoms with van der Waals surface area (Å²) in [5.41, 5.74) is 2.79. The molecule has 0 radical (unpaired) electrons. The van der Waals surface area contributed by atoms with Gasteiger partial charge in [-0.1, -0.05) is 41.4 Å². The van der Waals surface area contributed by atoms with E-state index in [4.69, 9.17) is 0 Å². The van der Waals surface area contributed by atoms with Crippen molar-refractivity contribution in [2.75, 3.05) is 6.54 Å². The van der Waals surface area contributed by atoms with Gasteiger partial charge in [0.05, 0.1) is 0 Å². The molecular weight excluding hydrogens is 322 g/mol. The third-order valence-corrected chi connectivity index (χ3v) is 6.28. The topological polar surface area (TPSA) is 12.0 Å². The molecule has 1 aromatic carbocycles. The van der Waals surface area contributed by atoms with Crippen LogP contribution in [0.2, 0.25) is 0 Å². The third-order valence-electron chi connectivity index (χ3n) is 5.60. The van der Waals surface area contributed by atoms with Gasteiger partial charge < -0.3 is 5.32 Å². The van der Waals surface area contributed by atoms with Crippen molar-refractivity contribution in [3.8, 4) is 0 Å². The normalized spacial score (nSPS) is 29.0. The zero-order chi connectivity index (χ0) is 14.8. The van der Waals surface area contributed by atoms with Gasteiger partial charge in [0.2, 0.25) is 0 Å². The lowest BCUT2D eigenvalue weighted by Crippen LogP contribution is -2.26. The Morgan fingerprint density at radius 2 is 2.14 bits per heavy atom. The van der Waals surface area contributed by atoms with Gasteiger partial charge in [-0.15, -0.1) is 0 Å². The van der Waals surface area contributed by atoms with Gasteiger partial charge in [0.15, 0.2) is 0 Å². The first kappa shape index (κ1) is 15.6. The SMILES string of the molecule is CCCNC(CC1CC2CCC1C2)c1ccc(C)cc1Br. The molecule has 4 atom stereocenters. The molecule has 0 aromatic heterocycles. The maximum atomic E-state index is 3.80. The number of halogens is 1. The highest BCUT2D eigenvalue weighted by Gasteiger charge is 2.40. The van der Waals surface area contributed by atoms with Crippen molar-refractivity contribution >= 4 is 15.9 Å². The van der Waals surface area contributed by atoms with Crippen molar-refractivity contribution < 1.29 is 0 Å². The summed E-state index contributed by atoms with van der Waals surface area (Å²) < 4.78 is 1.28. The minimum atomic E-state index is 0.518. The first-order valence-corrected chi connectivity index (χ1v) is 9.46. The van der Waals surface area contributed by atoms with Crippen molar-refractivity contribution in [3.05, 3.63) is 33.8 Å². The fourth-order valence-corrected chi connectivity index (χ4v) is 5.29. The van der Waals surface area contributed by atoms with E-state index < -0.39 is 0 Å². The molecule has 0 saturated heterocycles. The van der Waals surface area contributed by atoms with Crippen molar-refractivity contribution in [1.82, 2.24) is 5.32 Å². The van der Waals surface area contributed by atoms with Crippen LogP contribution >= 0.6 is 15.9 Å². The molecule has 21 heavy (non-hydrogen) atoms. The van der Waals surface area contributed by atoms with Gasteiger partial charge in [-0.25, -0.2) is 0 Å². The van der Waals surface area contributed by atoms with Crippen LogP contribution < -0.4 is 5.32 Å². The van der Waals surface area contributed by atoms with E-state index in [0.29, 0.717) is 6.04 Å². The molecule has 3 rings (SSSR count). The zero-order valence-corrected chi connectivity index (χ0v) is 15.0. The Morgan fingerprint density at radius 1 is 1.29 bits per heavy atom. The number of rotatable bonds is 6. The average molecular weight is 350 g/mol. The van der Waals surface area contributed by atoms with Crippen LogP contribution in [0.15, 0.2) is 22.7 Å². The smallest absolute Gasteiger partial charge is 0.0334 e. The van der Waals surface area contributed by atoms with Gasteiger partial charge in [-0.3, -0.25) is 0 Å². The second kappa shape index (κ2) is 6.83. The molecule has 1 aromatic rings. The maximum absolute atomic E-state index is 3.80. The zero-order valence-electron chi connectivity index (χ0n) is 13.4. The fraction of sp³-hybridized carbons (Fsp3) is 0.684. The largest absolute Gasteiger partial charge is 0.310 e. The highest BCUT2D eigenvalue weighted by Crippen LogP contribution is 2.51. The number of aryl methyl sites for hydroxylation is 1. The van der Waals surface area contributed by atoms with Gasteiger partial charge in [0.25, 0.3) is 0 Å². The summed E-state index contributed by atoms with van der Waals surface area (Å²) in [6.45, 7) is 5.54. The van der Waals surface area contributed by atoms with E-state index in [1.165, 1.54) is 54.1 Å². The number of benzene rings is 1. The van der Waals surface area contributed by atoms with Gasteiger partial charge in [-0.2, -0.15) is 0 Å². The molecule has 2 aliphatic rings. The fourth-order valence-electron chi connectivity index (χ4n) is 4.52. The Kier molecular flexibility index (Phi) is 5.06. The molecule has 2 fully saturated rings. The highest BCUT2D eigenvalue weighted by molar-refractivity contribution is 9.10. The summed E-state index contributed by atoms with van der Waals surface area (Å²) in [6, 6.07) is 7.35. The van der Waals surface area contributed by atoms with Gasteiger partial charge >= 0.3 is 0 Å². The van der Waals surface area contributed by atoms with Crippen LogP contribution in [0.3, 0.4) is 0 Å². The molecule has 0 heterocycles. The standard InChI is InChI=1S/C19H28BrN/c1-3-8-21-19(17-7-4-13(2)9-18(17)20)12-16-11-14-5-6-15(16)10-14/h4,7,9,14-16,19,21H,3,5-6,8,10-12H2,1-2H3. The second-order valence-electron chi connectivity index (χ2n) is 7.20. The molecule has 0 spiro atoms. The molecule has 116 valence electrons. The van der Waals surface area contributed by atoms with E-state index in [1.54, 1.807) is 0 Å². The summed E-state index contributed by atoms with van der Waals surface area (Å²) in [4.78, 5) is 0. The number of hydrogen-bond acceptors (Lipinski definition) is 1. The van der Waals surface area contributed by atoms with E-state index in [2.05, 4.69) is 53.3 Å². The molecule has 0 aliphatic heterocycles. The number of fused-ring (bicyclic) bond motifs is 2. The molecule has 0 amide bonds. The molecule has 2 saturated carbocycles. The molecule has 2 aliphatic carbocycles. The summed E-state index contributed by atoms with van der Waals surface area (Å²) >= 11 is 3.79. The first-order valence-electron chi connectivity index (χ1n) is 8.66. The van der Waals surface area contributed by atoms with Crippen LogP contribution in [0.1, 0.15) is 62.6 Å². The summed E-state index contributed by atoms with van der Waals surface area (Å²) in [6.07, 6.45) is 8.52. The van der Waals surface area contributed by atoms with Gasteiger partial charge in [0.1, 0.15) is 0 Å². The lowest BCUT2D eigenvalue weighted by atomic mass is 9.82. The number of nitrogens with one attached hydrogen (secondary N) is 1. The second-order valence-corrected chi connectivity index (χ2v) is 8.06. The molecule has 2 heteroatoms. The van der Waals surface area contributed by atoms with Gasteiger partial charge in [0, 0.05) is 10.5 Å². The highest BCUT2D eigenvalue weighted by atomic mass is 79.9. The summed E-state index contributed by atoms with van der Waals surface area (Å²) in [5.74, 6) is 3.02. The predicted octanol–water partition coefficient (Wildman–Crippen LogP) is 5.62. The molecule has 1 N–H and O–H groups in total. The van der Waals surface area contributed by atoms with Gasteiger partial charge in [-0.05, 0) is 80.5 Å². The van der Waals surface area contributed by atoms with Crippen molar-refractivity contribution in [2.24, 2.45) is 17.8 Å². The van der Waals surface area contributed by atoms with Crippen molar-refractivity contribution in [3.63, 3.8) is 0 Å². The average Bonchev–Trinajstić information content (AvgIpc) is 3.06. The summed E-state index contributed by atoms with van der Waals surface area (Å²) in [7, 11) is 0. The summed E-state index contributed by atoms with van der Waals surface area (Å²) in [5, 5.41) is 3.80. The van der Waals surface area contributed by atoms with Crippen LogP contribution in [0.25, 0.3) is 0 Å². The maximum Gasteiger partial charge on any atom is 0.0334 e. The minimum Gasteiger partial charge on any atom is -0.310 e. The third kappa shape index (κ3) is 3.53. The number of hydrogen-bond donors (Lipinski definition) is 1. The van der Waals surface area contributed by atoms with Crippen LogP contribution in [-0.4, -0.2) is 6.54 Å². The Bertz CT molecular complexity index is 484. The predicted molar refractivity (Wildman–Crippen MR) is 93.5 cm³/mol. The van der Waals surface area contributed by atoms with Crippen LogP contribution in [0.5, 0.6) is 0 Å². The van der Waals surface area contributed by atoms with E-state index in [0.717, 1.165) is 24.3 Å². The van der Waals surface area contributed by atoms with E-state index in [1.807, 2.05) is 0 Å². The van der Waals surface area contributed by atoms with Crippen LogP contribution in [-0.2, 0) is 0 Å². The minimum absolute atomic E-state index is 0.518.